The van der Waals surface area contributed by atoms with Crippen LogP contribution in [-0.2, 0) is 11.8 Å². The normalized spacial score (nSPS) is 18.2. The van der Waals surface area contributed by atoms with Crippen molar-refractivity contribution in [2.75, 3.05) is 44.7 Å². The summed E-state index contributed by atoms with van der Waals surface area (Å²) in [5.41, 5.74) is 2.27. The minimum absolute atomic E-state index is 0.256. The average molecular weight is 443 g/mol. The number of nitrogens with one attached hydrogen (secondary N) is 1. The van der Waals surface area contributed by atoms with E-state index in [1.807, 2.05) is 23.9 Å². The van der Waals surface area contributed by atoms with Gasteiger partial charge in [0.05, 0.1) is 5.52 Å². The number of nitrogens with zero attached hydrogens (tertiary/aromatic N) is 5. The van der Waals surface area contributed by atoms with E-state index in [2.05, 4.69) is 21.4 Å². The zero-order valence-corrected chi connectivity index (χ0v) is 18.6. The molecule has 10 nitrogen and oxygen atoms in total. The first-order valence-corrected chi connectivity index (χ1v) is 11.1. The lowest BCUT2D eigenvalue weighted by Crippen LogP contribution is -2.49. The predicted octanol–water partition coefficient (Wildman–Crippen LogP) is 2.20. The third-order valence-electron chi connectivity index (χ3n) is 6.51. The SMILES string of the molecule is CN(CCCN1CCC(c2cccc3c(N4CCC(=O)NC4=O)nn(C)c23)CC1)C(=O)O. The van der Waals surface area contributed by atoms with Crippen LogP contribution in [0.2, 0.25) is 0 Å². The van der Waals surface area contributed by atoms with Crippen molar-refractivity contribution in [2.45, 2.75) is 31.6 Å². The van der Waals surface area contributed by atoms with E-state index < -0.39 is 12.1 Å². The summed E-state index contributed by atoms with van der Waals surface area (Å²) >= 11 is 0. The van der Waals surface area contributed by atoms with Crippen LogP contribution in [0.3, 0.4) is 0 Å². The highest BCUT2D eigenvalue weighted by atomic mass is 16.4. The van der Waals surface area contributed by atoms with E-state index >= 15 is 0 Å². The van der Waals surface area contributed by atoms with Crippen molar-refractivity contribution >= 4 is 34.8 Å². The van der Waals surface area contributed by atoms with Crippen LogP contribution in [-0.4, -0.2) is 82.5 Å². The number of hydrogen-bond donors (Lipinski definition) is 2. The molecular formula is C22H30N6O4. The first kappa shape index (κ1) is 22.1. The van der Waals surface area contributed by atoms with Crippen LogP contribution in [0.4, 0.5) is 15.4 Å². The molecule has 32 heavy (non-hydrogen) atoms. The smallest absolute Gasteiger partial charge is 0.407 e. The summed E-state index contributed by atoms with van der Waals surface area (Å²) in [7, 11) is 3.50. The number of imide groups is 1. The van der Waals surface area contributed by atoms with Gasteiger partial charge in [-0.25, -0.2) is 9.59 Å². The molecular weight excluding hydrogens is 412 g/mol. The first-order valence-electron chi connectivity index (χ1n) is 11.1. The molecule has 0 saturated carbocycles. The second kappa shape index (κ2) is 9.15. The zero-order chi connectivity index (χ0) is 22.8. The van der Waals surface area contributed by atoms with Gasteiger partial charge in [-0.1, -0.05) is 12.1 Å². The van der Waals surface area contributed by atoms with Crippen molar-refractivity contribution < 1.29 is 19.5 Å². The summed E-state index contributed by atoms with van der Waals surface area (Å²) in [5, 5.41) is 16.9. The maximum Gasteiger partial charge on any atom is 0.407 e. The highest BCUT2D eigenvalue weighted by molar-refractivity contribution is 6.09. The second-order valence-corrected chi connectivity index (χ2v) is 8.62. The fraction of sp³-hybridized carbons (Fsp3) is 0.545. The second-order valence-electron chi connectivity index (χ2n) is 8.62. The summed E-state index contributed by atoms with van der Waals surface area (Å²) in [6, 6.07) is 5.73. The Morgan fingerprint density at radius 2 is 2.00 bits per heavy atom. The van der Waals surface area contributed by atoms with Crippen LogP contribution in [0.1, 0.15) is 37.2 Å². The maximum absolute atomic E-state index is 12.4. The van der Waals surface area contributed by atoms with Crippen molar-refractivity contribution in [3.05, 3.63) is 23.8 Å². The fourth-order valence-electron chi connectivity index (χ4n) is 4.74. The molecule has 4 rings (SSSR count). The van der Waals surface area contributed by atoms with Crippen LogP contribution < -0.4 is 10.2 Å². The van der Waals surface area contributed by atoms with Gasteiger partial charge in [-0.15, -0.1) is 0 Å². The van der Waals surface area contributed by atoms with Gasteiger partial charge in [-0.05, 0) is 56.4 Å². The van der Waals surface area contributed by atoms with Crippen LogP contribution in [0.15, 0.2) is 18.2 Å². The number of aryl methyl sites for hydroxylation is 1. The Morgan fingerprint density at radius 1 is 1.25 bits per heavy atom. The third-order valence-corrected chi connectivity index (χ3v) is 6.51. The molecule has 3 heterocycles. The molecule has 2 aliphatic heterocycles. The number of carbonyl (C=O) groups excluding carboxylic acids is 2. The van der Waals surface area contributed by atoms with Crippen molar-refractivity contribution in [1.29, 1.82) is 0 Å². The van der Waals surface area contributed by atoms with E-state index in [0.717, 1.165) is 49.8 Å². The van der Waals surface area contributed by atoms with E-state index in [0.29, 0.717) is 24.8 Å². The number of benzene rings is 1. The molecule has 0 unspecified atom stereocenters. The molecule has 0 aliphatic carbocycles. The van der Waals surface area contributed by atoms with Gasteiger partial charge in [0, 0.05) is 39.0 Å². The summed E-state index contributed by atoms with van der Waals surface area (Å²) in [4.78, 5) is 40.1. The number of aromatic nitrogens is 2. The van der Waals surface area contributed by atoms with Crippen LogP contribution in [0.5, 0.6) is 0 Å². The monoisotopic (exact) mass is 442 g/mol. The molecule has 172 valence electrons. The number of likely N-dealkylation sites (tertiary alicyclic amines) is 1. The first-order chi connectivity index (χ1) is 15.3. The van der Waals surface area contributed by atoms with Crippen molar-refractivity contribution in [3.63, 3.8) is 0 Å². The Balaban J connectivity index is 1.45. The molecule has 0 spiro atoms. The van der Waals surface area contributed by atoms with E-state index in [1.165, 1.54) is 10.5 Å². The third kappa shape index (κ3) is 4.40. The van der Waals surface area contributed by atoms with E-state index in [9.17, 15) is 14.4 Å². The Hall–Kier alpha value is -3.14. The minimum Gasteiger partial charge on any atom is -0.465 e. The molecule has 2 N–H and O–H groups in total. The molecule has 2 saturated heterocycles. The molecule has 0 bridgehead atoms. The summed E-state index contributed by atoms with van der Waals surface area (Å²) in [6.45, 7) is 3.71. The molecule has 4 amide bonds. The summed E-state index contributed by atoms with van der Waals surface area (Å²) < 4.78 is 1.85. The Bertz CT molecular complexity index is 1030. The summed E-state index contributed by atoms with van der Waals surface area (Å²) in [6.07, 6.45) is 2.25. The number of para-hydroxylation sites is 1. The number of hydrogen-bond acceptors (Lipinski definition) is 5. The standard InChI is InChI=1S/C22H30N6O4/c1-25(22(31)32)10-4-11-27-12-7-15(8-13-27)16-5-3-6-17-19(16)26(2)24-20(17)28-14-9-18(29)23-21(28)30/h3,5-6,15H,4,7-14H2,1-2H3,(H,31,32)(H,23,29,30). The number of piperidine rings is 1. The Morgan fingerprint density at radius 3 is 2.69 bits per heavy atom. The Labute approximate surface area is 186 Å². The number of carboxylic acid groups (broad SMARTS) is 1. The summed E-state index contributed by atoms with van der Waals surface area (Å²) in [5.74, 6) is 0.736. The van der Waals surface area contributed by atoms with Crippen LogP contribution in [0, 0.1) is 0 Å². The highest BCUT2D eigenvalue weighted by Gasteiger charge is 2.30. The number of amides is 4. The van der Waals surface area contributed by atoms with Gasteiger partial charge in [0.15, 0.2) is 5.82 Å². The predicted molar refractivity (Wildman–Crippen MR) is 120 cm³/mol. The number of fused-ring (bicyclic) bond motifs is 1. The van der Waals surface area contributed by atoms with E-state index in [1.54, 1.807) is 11.9 Å². The molecule has 1 aromatic heterocycles. The number of rotatable bonds is 6. The molecule has 2 aliphatic rings. The van der Waals surface area contributed by atoms with Crippen molar-refractivity contribution in [1.82, 2.24) is 24.9 Å². The van der Waals surface area contributed by atoms with Crippen molar-refractivity contribution in [3.8, 4) is 0 Å². The highest BCUT2D eigenvalue weighted by Crippen LogP contribution is 2.36. The van der Waals surface area contributed by atoms with E-state index in [4.69, 9.17) is 5.11 Å². The molecule has 0 radical (unpaired) electrons. The number of anilines is 1. The maximum atomic E-state index is 12.4. The van der Waals surface area contributed by atoms with Gasteiger partial charge in [-0.3, -0.25) is 19.7 Å². The lowest BCUT2D eigenvalue weighted by atomic mass is 9.88. The van der Waals surface area contributed by atoms with E-state index in [-0.39, 0.29) is 12.3 Å². The quantitative estimate of drug-likeness (QED) is 0.710. The van der Waals surface area contributed by atoms with Crippen molar-refractivity contribution in [2.24, 2.45) is 7.05 Å². The molecule has 0 atom stereocenters. The van der Waals surface area contributed by atoms with Gasteiger partial charge in [0.25, 0.3) is 0 Å². The molecule has 10 heteroatoms. The van der Waals surface area contributed by atoms with Gasteiger partial charge >= 0.3 is 12.1 Å². The minimum atomic E-state index is -0.888. The molecule has 2 aromatic rings. The van der Waals surface area contributed by atoms with Gasteiger partial charge in [-0.2, -0.15) is 5.10 Å². The average Bonchev–Trinajstić information content (AvgIpc) is 3.10. The van der Waals surface area contributed by atoms with Gasteiger partial charge < -0.3 is 14.9 Å². The lowest BCUT2D eigenvalue weighted by Gasteiger charge is -2.32. The van der Waals surface area contributed by atoms with Gasteiger partial charge in [0.1, 0.15) is 0 Å². The van der Waals surface area contributed by atoms with Crippen LogP contribution in [0.25, 0.3) is 10.9 Å². The fourth-order valence-corrected chi connectivity index (χ4v) is 4.74. The largest absolute Gasteiger partial charge is 0.465 e. The van der Waals surface area contributed by atoms with Gasteiger partial charge in [0.2, 0.25) is 5.91 Å². The topological polar surface area (TPSA) is 111 Å². The Kier molecular flexibility index (Phi) is 6.31. The number of urea groups is 1. The zero-order valence-electron chi connectivity index (χ0n) is 18.6. The molecule has 2 fully saturated rings. The lowest BCUT2D eigenvalue weighted by molar-refractivity contribution is -0.120. The number of carbonyl (C=O) groups is 3. The van der Waals surface area contributed by atoms with Crippen LogP contribution >= 0.6 is 0 Å². The molecule has 1 aromatic carbocycles.